The van der Waals surface area contributed by atoms with Gasteiger partial charge in [0, 0.05) is 11.5 Å². The van der Waals surface area contributed by atoms with E-state index < -0.39 is 0 Å². The molecule has 0 amide bonds. The number of hydrogen-bond donors (Lipinski definition) is 1. The lowest BCUT2D eigenvalue weighted by atomic mass is 10.6. The molecule has 1 rings (SSSR count). The Labute approximate surface area is 74.6 Å². The van der Waals surface area contributed by atoms with Crippen LogP contribution in [-0.2, 0) is 5.75 Å². The number of nitrogens with zero attached hydrogens (tertiary/aromatic N) is 2. The predicted molar refractivity (Wildman–Crippen MR) is 50.8 cm³/mol. The van der Waals surface area contributed by atoms with Crippen LogP contribution in [0.25, 0.3) is 0 Å². The van der Waals surface area contributed by atoms with Gasteiger partial charge < -0.3 is 5.73 Å². The van der Waals surface area contributed by atoms with E-state index in [1.54, 1.807) is 0 Å². The van der Waals surface area contributed by atoms with Crippen molar-refractivity contribution >= 4 is 28.4 Å². The Morgan fingerprint density at radius 1 is 1.64 bits per heavy atom. The molecule has 1 aromatic rings. The lowest BCUT2D eigenvalue weighted by molar-refractivity contribution is 1.08. The molecule has 0 fully saturated rings. The van der Waals surface area contributed by atoms with E-state index in [0.717, 1.165) is 11.6 Å². The van der Waals surface area contributed by atoms with Crippen molar-refractivity contribution in [3.63, 3.8) is 0 Å². The van der Waals surface area contributed by atoms with Crippen molar-refractivity contribution in [1.82, 2.24) is 9.36 Å². The van der Waals surface area contributed by atoms with Crippen LogP contribution in [0.2, 0.25) is 0 Å². The topological polar surface area (TPSA) is 51.8 Å². The van der Waals surface area contributed by atoms with Gasteiger partial charge >= 0.3 is 0 Å². The molecule has 11 heavy (non-hydrogen) atoms. The second-order valence-electron chi connectivity index (χ2n) is 2.41. The van der Waals surface area contributed by atoms with Crippen LogP contribution in [0.5, 0.6) is 0 Å². The summed E-state index contributed by atoms with van der Waals surface area (Å²) in [6, 6.07) is 0. The fourth-order valence-corrected chi connectivity index (χ4v) is 1.71. The summed E-state index contributed by atoms with van der Waals surface area (Å²) >= 11 is 3.08. The molecule has 0 saturated heterocycles. The molecule has 1 aromatic heterocycles. The van der Waals surface area contributed by atoms with E-state index in [1.807, 2.05) is 11.8 Å². The minimum Gasteiger partial charge on any atom is -0.374 e. The molecule has 0 aliphatic rings. The average molecular weight is 189 g/mol. The molecular weight excluding hydrogens is 178 g/mol. The standard InChI is InChI=1S/C6H11N3S2/c1-4(2)10-3-5-8-6(7)11-9-5/h4H,3H2,1-2H3,(H2,7,8,9). The fourth-order valence-electron chi connectivity index (χ4n) is 0.567. The second-order valence-corrected chi connectivity index (χ2v) is 4.76. The van der Waals surface area contributed by atoms with E-state index >= 15 is 0 Å². The Balaban J connectivity index is 2.39. The monoisotopic (exact) mass is 189 g/mol. The molecule has 0 aromatic carbocycles. The van der Waals surface area contributed by atoms with Gasteiger partial charge in [0.05, 0.1) is 5.75 Å². The molecule has 0 unspecified atom stereocenters. The molecule has 1 heterocycles. The van der Waals surface area contributed by atoms with Crippen LogP contribution in [0.1, 0.15) is 19.7 Å². The predicted octanol–water partition coefficient (Wildman–Crippen LogP) is 1.76. The van der Waals surface area contributed by atoms with E-state index in [2.05, 4.69) is 23.2 Å². The zero-order valence-corrected chi connectivity index (χ0v) is 8.21. The second kappa shape index (κ2) is 3.92. The number of hydrogen-bond acceptors (Lipinski definition) is 5. The normalized spacial score (nSPS) is 10.8. The van der Waals surface area contributed by atoms with Gasteiger partial charge in [-0.1, -0.05) is 13.8 Å². The Morgan fingerprint density at radius 3 is 2.82 bits per heavy atom. The molecule has 0 bridgehead atoms. The maximum atomic E-state index is 5.42. The van der Waals surface area contributed by atoms with Gasteiger partial charge in [-0.3, -0.25) is 0 Å². The van der Waals surface area contributed by atoms with Crippen LogP contribution in [0.3, 0.4) is 0 Å². The quantitative estimate of drug-likeness (QED) is 0.787. The largest absolute Gasteiger partial charge is 0.374 e. The van der Waals surface area contributed by atoms with Crippen molar-refractivity contribution in [3.05, 3.63) is 5.82 Å². The van der Waals surface area contributed by atoms with Crippen molar-refractivity contribution in [2.45, 2.75) is 24.9 Å². The van der Waals surface area contributed by atoms with E-state index in [4.69, 9.17) is 5.73 Å². The van der Waals surface area contributed by atoms with Crippen molar-refractivity contribution in [2.24, 2.45) is 0 Å². The van der Waals surface area contributed by atoms with Gasteiger partial charge in [-0.15, -0.1) is 0 Å². The van der Waals surface area contributed by atoms with Crippen LogP contribution in [-0.4, -0.2) is 14.6 Å². The summed E-state index contributed by atoms with van der Waals surface area (Å²) in [7, 11) is 0. The highest BCUT2D eigenvalue weighted by molar-refractivity contribution is 7.99. The number of anilines is 1. The van der Waals surface area contributed by atoms with Gasteiger partial charge in [0.25, 0.3) is 0 Å². The lowest BCUT2D eigenvalue weighted by Gasteiger charge is -1.99. The Kier molecular flexibility index (Phi) is 3.14. The summed E-state index contributed by atoms with van der Waals surface area (Å²) in [5, 5.41) is 1.18. The van der Waals surface area contributed by atoms with Crippen LogP contribution >= 0.6 is 23.3 Å². The molecule has 0 atom stereocenters. The van der Waals surface area contributed by atoms with E-state index in [0.29, 0.717) is 10.4 Å². The maximum absolute atomic E-state index is 5.42. The minimum atomic E-state index is 0.560. The zero-order chi connectivity index (χ0) is 8.27. The lowest BCUT2D eigenvalue weighted by Crippen LogP contribution is -1.91. The van der Waals surface area contributed by atoms with Gasteiger partial charge in [-0.2, -0.15) is 16.1 Å². The Morgan fingerprint density at radius 2 is 2.36 bits per heavy atom. The average Bonchev–Trinajstić information content (AvgIpc) is 2.31. The van der Waals surface area contributed by atoms with Crippen molar-refractivity contribution in [1.29, 1.82) is 0 Å². The molecule has 3 nitrogen and oxygen atoms in total. The summed E-state index contributed by atoms with van der Waals surface area (Å²) < 4.78 is 4.07. The third-order valence-electron chi connectivity index (χ3n) is 1.03. The first-order chi connectivity index (χ1) is 5.18. The van der Waals surface area contributed by atoms with Crippen molar-refractivity contribution in [2.75, 3.05) is 5.73 Å². The molecule has 0 aliphatic heterocycles. The zero-order valence-electron chi connectivity index (χ0n) is 6.57. The molecule has 2 N–H and O–H groups in total. The highest BCUT2D eigenvalue weighted by atomic mass is 32.2. The highest BCUT2D eigenvalue weighted by Gasteiger charge is 2.01. The molecule has 0 aliphatic carbocycles. The first kappa shape index (κ1) is 8.80. The number of thioether (sulfide) groups is 1. The molecule has 0 saturated carbocycles. The Bertz CT molecular complexity index is 221. The molecule has 62 valence electrons. The van der Waals surface area contributed by atoms with E-state index in [1.165, 1.54) is 11.5 Å². The first-order valence-corrected chi connectivity index (χ1v) is 5.20. The van der Waals surface area contributed by atoms with Crippen molar-refractivity contribution < 1.29 is 0 Å². The van der Waals surface area contributed by atoms with Gasteiger partial charge in [0.2, 0.25) is 0 Å². The van der Waals surface area contributed by atoms with Crippen LogP contribution in [0.15, 0.2) is 0 Å². The Hall–Kier alpha value is -0.290. The number of rotatable bonds is 3. The summed E-state index contributed by atoms with van der Waals surface area (Å²) in [6.07, 6.45) is 0. The van der Waals surface area contributed by atoms with Crippen LogP contribution in [0.4, 0.5) is 5.13 Å². The van der Waals surface area contributed by atoms with Gasteiger partial charge in [-0.05, 0) is 5.25 Å². The van der Waals surface area contributed by atoms with E-state index in [-0.39, 0.29) is 0 Å². The third kappa shape index (κ3) is 3.07. The van der Waals surface area contributed by atoms with Gasteiger partial charge in [0.1, 0.15) is 0 Å². The summed E-state index contributed by atoms with van der Waals surface area (Å²) in [5.41, 5.74) is 5.42. The summed E-state index contributed by atoms with van der Waals surface area (Å²) in [5.74, 6) is 1.72. The number of nitrogen functional groups attached to an aromatic ring is 1. The first-order valence-electron chi connectivity index (χ1n) is 3.38. The number of aromatic nitrogens is 2. The third-order valence-corrected chi connectivity index (χ3v) is 2.70. The van der Waals surface area contributed by atoms with Gasteiger partial charge in [0.15, 0.2) is 11.0 Å². The van der Waals surface area contributed by atoms with Crippen LogP contribution < -0.4 is 5.73 Å². The molecule has 5 heteroatoms. The van der Waals surface area contributed by atoms with Crippen LogP contribution in [0, 0.1) is 0 Å². The molecular formula is C6H11N3S2. The maximum Gasteiger partial charge on any atom is 0.199 e. The minimum absolute atomic E-state index is 0.560. The highest BCUT2D eigenvalue weighted by Crippen LogP contribution is 2.16. The molecule has 0 radical (unpaired) electrons. The smallest absolute Gasteiger partial charge is 0.199 e. The SMILES string of the molecule is CC(C)SCc1nsc(N)n1. The summed E-state index contributed by atoms with van der Waals surface area (Å²) in [6.45, 7) is 4.31. The fraction of sp³-hybridized carbons (Fsp3) is 0.667. The van der Waals surface area contributed by atoms with Crippen molar-refractivity contribution in [3.8, 4) is 0 Å². The molecule has 0 spiro atoms. The van der Waals surface area contributed by atoms with E-state index in [9.17, 15) is 0 Å². The number of nitrogens with two attached hydrogens (primary N) is 1. The van der Waals surface area contributed by atoms with Gasteiger partial charge in [-0.25, -0.2) is 4.98 Å². The summed E-state index contributed by atoms with van der Waals surface area (Å²) in [4.78, 5) is 4.05.